The van der Waals surface area contributed by atoms with E-state index in [1.165, 1.54) is 5.69 Å². The van der Waals surface area contributed by atoms with E-state index >= 15 is 0 Å². The summed E-state index contributed by atoms with van der Waals surface area (Å²) in [6, 6.07) is 8.53. The first-order chi connectivity index (χ1) is 13.3. The SMILES string of the molecule is CCNC(=NCc1ccc(N2CCOCC2)cc1)NCC(=O)N1CCCC1. The van der Waals surface area contributed by atoms with Gasteiger partial charge in [0.15, 0.2) is 5.96 Å². The van der Waals surface area contributed by atoms with Crippen molar-refractivity contribution in [2.24, 2.45) is 4.99 Å². The Morgan fingerprint density at radius 2 is 1.78 bits per heavy atom. The van der Waals surface area contributed by atoms with Crippen LogP contribution in [0.25, 0.3) is 0 Å². The minimum Gasteiger partial charge on any atom is -0.378 e. The molecule has 1 aromatic rings. The van der Waals surface area contributed by atoms with Gasteiger partial charge in [-0.3, -0.25) is 4.79 Å². The van der Waals surface area contributed by atoms with Crippen molar-refractivity contribution in [3.05, 3.63) is 29.8 Å². The van der Waals surface area contributed by atoms with Crippen LogP contribution >= 0.6 is 0 Å². The van der Waals surface area contributed by atoms with E-state index in [-0.39, 0.29) is 5.91 Å². The summed E-state index contributed by atoms with van der Waals surface area (Å²) in [7, 11) is 0. The van der Waals surface area contributed by atoms with Gasteiger partial charge in [-0.05, 0) is 37.5 Å². The molecule has 2 aliphatic heterocycles. The topological polar surface area (TPSA) is 69.2 Å². The summed E-state index contributed by atoms with van der Waals surface area (Å²) in [4.78, 5) is 21.1. The maximum absolute atomic E-state index is 12.2. The molecule has 0 aromatic heterocycles. The number of carbonyl (C=O) groups is 1. The maximum Gasteiger partial charge on any atom is 0.241 e. The van der Waals surface area contributed by atoms with E-state index in [4.69, 9.17) is 4.74 Å². The minimum absolute atomic E-state index is 0.146. The second kappa shape index (κ2) is 10.2. The maximum atomic E-state index is 12.2. The molecule has 7 heteroatoms. The van der Waals surface area contributed by atoms with Crippen LogP contribution in [0.1, 0.15) is 25.3 Å². The van der Waals surface area contributed by atoms with E-state index < -0.39 is 0 Å². The number of anilines is 1. The molecule has 2 saturated heterocycles. The highest BCUT2D eigenvalue weighted by Gasteiger charge is 2.17. The minimum atomic E-state index is 0.146. The van der Waals surface area contributed by atoms with Crippen LogP contribution in [0.3, 0.4) is 0 Å². The first kappa shape index (κ1) is 19.5. The fourth-order valence-corrected chi connectivity index (χ4v) is 3.38. The summed E-state index contributed by atoms with van der Waals surface area (Å²) in [5.74, 6) is 0.829. The van der Waals surface area contributed by atoms with Crippen molar-refractivity contribution >= 4 is 17.6 Å². The van der Waals surface area contributed by atoms with E-state index in [1.807, 2.05) is 11.8 Å². The third-order valence-electron chi connectivity index (χ3n) is 4.94. The van der Waals surface area contributed by atoms with Gasteiger partial charge in [0, 0.05) is 38.4 Å². The number of nitrogens with one attached hydrogen (secondary N) is 2. The number of carbonyl (C=O) groups excluding carboxylic acids is 1. The quantitative estimate of drug-likeness (QED) is 0.579. The van der Waals surface area contributed by atoms with Gasteiger partial charge in [-0.15, -0.1) is 0 Å². The molecule has 0 aliphatic carbocycles. The monoisotopic (exact) mass is 373 g/mol. The molecule has 2 aliphatic rings. The third-order valence-corrected chi connectivity index (χ3v) is 4.94. The summed E-state index contributed by atoms with van der Waals surface area (Å²) in [5.41, 5.74) is 2.38. The Hall–Kier alpha value is -2.28. The van der Waals surface area contributed by atoms with E-state index in [0.29, 0.717) is 19.0 Å². The molecule has 0 bridgehead atoms. The molecule has 3 rings (SSSR count). The molecule has 0 spiro atoms. The molecule has 2 N–H and O–H groups in total. The zero-order valence-electron chi connectivity index (χ0n) is 16.2. The van der Waals surface area contributed by atoms with Gasteiger partial charge in [0.05, 0.1) is 26.3 Å². The van der Waals surface area contributed by atoms with Gasteiger partial charge in [-0.1, -0.05) is 12.1 Å². The normalized spacial score (nSPS) is 17.9. The van der Waals surface area contributed by atoms with Crippen LogP contribution in [0.4, 0.5) is 5.69 Å². The van der Waals surface area contributed by atoms with Gasteiger partial charge in [0.2, 0.25) is 5.91 Å². The van der Waals surface area contributed by atoms with Gasteiger partial charge >= 0.3 is 0 Å². The fraction of sp³-hybridized carbons (Fsp3) is 0.600. The predicted octanol–water partition coefficient (Wildman–Crippen LogP) is 1.20. The number of hydrogen-bond acceptors (Lipinski definition) is 4. The van der Waals surface area contributed by atoms with Crippen molar-refractivity contribution in [2.75, 3.05) is 57.4 Å². The van der Waals surface area contributed by atoms with Crippen LogP contribution in [0.2, 0.25) is 0 Å². The Kier molecular flexibility index (Phi) is 7.33. The highest BCUT2D eigenvalue weighted by Crippen LogP contribution is 2.17. The third kappa shape index (κ3) is 5.85. The first-order valence-electron chi connectivity index (χ1n) is 9.98. The Labute approximate surface area is 161 Å². The lowest BCUT2D eigenvalue weighted by Gasteiger charge is -2.28. The summed E-state index contributed by atoms with van der Waals surface area (Å²) < 4.78 is 5.40. The molecule has 1 aromatic carbocycles. The number of morpholine rings is 1. The lowest BCUT2D eigenvalue weighted by Crippen LogP contribution is -2.44. The molecule has 2 fully saturated rings. The summed E-state index contributed by atoms with van der Waals surface area (Å²) >= 11 is 0. The molecule has 0 saturated carbocycles. The van der Waals surface area contributed by atoms with Crippen LogP contribution in [-0.4, -0.2) is 69.2 Å². The molecule has 1 amide bonds. The van der Waals surface area contributed by atoms with Crippen LogP contribution in [-0.2, 0) is 16.1 Å². The van der Waals surface area contributed by atoms with E-state index in [0.717, 1.165) is 64.3 Å². The van der Waals surface area contributed by atoms with Crippen molar-refractivity contribution in [2.45, 2.75) is 26.3 Å². The smallest absolute Gasteiger partial charge is 0.241 e. The number of amides is 1. The van der Waals surface area contributed by atoms with Gasteiger partial charge in [-0.2, -0.15) is 0 Å². The zero-order chi connectivity index (χ0) is 18.9. The van der Waals surface area contributed by atoms with Crippen LogP contribution in [0, 0.1) is 0 Å². The van der Waals surface area contributed by atoms with Crippen LogP contribution < -0.4 is 15.5 Å². The molecule has 0 atom stereocenters. The Bertz CT molecular complexity index is 620. The van der Waals surface area contributed by atoms with Crippen molar-refractivity contribution in [1.82, 2.24) is 15.5 Å². The van der Waals surface area contributed by atoms with E-state index in [9.17, 15) is 4.79 Å². The van der Waals surface area contributed by atoms with Gasteiger partial charge in [0.1, 0.15) is 0 Å². The fourth-order valence-electron chi connectivity index (χ4n) is 3.38. The van der Waals surface area contributed by atoms with E-state index in [2.05, 4.69) is 44.8 Å². The molecule has 0 radical (unpaired) electrons. The average molecular weight is 374 g/mol. The van der Waals surface area contributed by atoms with Crippen LogP contribution in [0.15, 0.2) is 29.3 Å². The van der Waals surface area contributed by atoms with Gasteiger partial charge in [0.25, 0.3) is 0 Å². The lowest BCUT2D eigenvalue weighted by atomic mass is 10.2. The Balaban J connectivity index is 1.51. The highest BCUT2D eigenvalue weighted by molar-refractivity contribution is 5.86. The number of aliphatic imine (C=N–C) groups is 1. The molecule has 7 nitrogen and oxygen atoms in total. The van der Waals surface area contributed by atoms with Gasteiger partial charge < -0.3 is 25.2 Å². The number of hydrogen-bond donors (Lipinski definition) is 2. The number of rotatable bonds is 6. The number of nitrogens with zero attached hydrogens (tertiary/aromatic N) is 3. The number of ether oxygens (including phenoxy) is 1. The second-order valence-electron chi connectivity index (χ2n) is 6.90. The number of guanidine groups is 1. The zero-order valence-corrected chi connectivity index (χ0v) is 16.2. The summed E-state index contributed by atoms with van der Waals surface area (Å²) in [5, 5.41) is 6.36. The average Bonchev–Trinajstić information content (AvgIpc) is 3.26. The number of likely N-dealkylation sites (tertiary alicyclic amines) is 1. The molecular weight excluding hydrogens is 342 g/mol. The van der Waals surface area contributed by atoms with Crippen LogP contribution in [0.5, 0.6) is 0 Å². The molecule has 148 valence electrons. The Morgan fingerprint density at radius 3 is 2.44 bits per heavy atom. The van der Waals surface area contributed by atoms with Crippen molar-refractivity contribution in [3.8, 4) is 0 Å². The van der Waals surface area contributed by atoms with Gasteiger partial charge in [-0.25, -0.2) is 4.99 Å². The number of benzene rings is 1. The molecule has 2 heterocycles. The Morgan fingerprint density at radius 1 is 1.07 bits per heavy atom. The lowest BCUT2D eigenvalue weighted by molar-refractivity contribution is -0.128. The summed E-state index contributed by atoms with van der Waals surface area (Å²) in [6.45, 7) is 8.88. The largest absolute Gasteiger partial charge is 0.378 e. The molecular formula is C20H31N5O2. The van der Waals surface area contributed by atoms with Crippen molar-refractivity contribution < 1.29 is 9.53 Å². The standard InChI is InChI=1S/C20H31N5O2/c1-2-21-20(23-16-19(26)25-9-3-4-10-25)22-15-17-5-7-18(8-6-17)24-11-13-27-14-12-24/h5-8H,2-4,9-16H2,1H3,(H2,21,22,23). The predicted molar refractivity (Wildman–Crippen MR) is 108 cm³/mol. The first-order valence-corrected chi connectivity index (χ1v) is 9.98. The van der Waals surface area contributed by atoms with Crippen molar-refractivity contribution in [3.63, 3.8) is 0 Å². The van der Waals surface area contributed by atoms with E-state index in [1.54, 1.807) is 0 Å². The second-order valence-corrected chi connectivity index (χ2v) is 6.90. The molecule has 0 unspecified atom stereocenters. The summed E-state index contributed by atoms with van der Waals surface area (Å²) in [6.07, 6.45) is 2.22. The molecule has 27 heavy (non-hydrogen) atoms. The van der Waals surface area contributed by atoms with Crippen molar-refractivity contribution in [1.29, 1.82) is 0 Å². The highest BCUT2D eigenvalue weighted by atomic mass is 16.5.